The van der Waals surface area contributed by atoms with Crippen molar-refractivity contribution in [3.63, 3.8) is 0 Å². The fourth-order valence-electron chi connectivity index (χ4n) is 1.43. The fraction of sp³-hybridized carbons (Fsp3) is 0.273. The Bertz CT molecular complexity index is 493. The average molecular weight is 239 g/mol. The van der Waals surface area contributed by atoms with Crippen LogP contribution in [0.15, 0.2) is 22.6 Å². The first-order valence-electron chi connectivity index (χ1n) is 5.09. The molecule has 0 aliphatic rings. The van der Waals surface area contributed by atoms with Crippen molar-refractivity contribution in [3.8, 4) is 0 Å². The molecule has 2 rings (SSSR count). The van der Waals surface area contributed by atoms with Crippen molar-refractivity contribution in [1.29, 1.82) is 0 Å². The molecule has 0 saturated carbocycles. The Morgan fingerprint density at radius 1 is 1.18 bits per heavy atom. The molecule has 0 atom stereocenters. The topological polar surface area (TPSA) is 51.0 Å². The summed E-state index contributed by atoms with van der Waals surface area (Å²) >= 11 is 0. The average Bonchev–Trinajstić information content (AvgIpc) is 2.72. The summed E-state index contributed by atoms with van der Waals surface area (Å²) in [5.41, 5.74) is -0.0628. The summed E-state index contributed by atoms with van der Waals surface area (Å²) in [5.74, 6) is -0.643. The second-order valence-corrected chi connectivity index (χ2v) is 3.50. The second-order valence-electron chi connectivity index (χ2n) is 3.50. The summed E-state index contributed by atoms with van der Waals surface area (Å²) in [7, 11) is 1.74. The lowest BCUT2D eigenvalue weighted by atomic mass is 10.1. The zero-order valence-corrected chi connectivity index (χ0v) is 9.20. The molecule has 1 heterocycles. The molecule has 0 fully saturated rings. The third-order valence-electron chi connectivity index (χ3n) is 2.23. The lowest BCUT2D eigenvalue weighted by Crippen LogP contribution is -2.04. The van der Waals surface area contributed by atoms with E-state index in [1.54, 1.807) is 7.05 Å². The molecule has 0 aliphatic heterocycles. The zero-order chi connectivity index (χ0) is 12.3. The lowest BCUT2D eigenvalue weighted by Gasteiger charge is -2.00. The number of hydrogen-bond acceptors (Lipinski definition) is 4. The van der Waals surface area contributed by atoms with Gasteiger partial charge in [-0.15, -0.1) is 10.2 Å². The Kier molecular flexibility index (Phi) is 3.43. The molecule has 1 N–H and O–H groups in total. The van der Waals surface area contributed by atoms with E-state index < -0.39 is 11.6 Å². The van der Waals surface area contributed by atoms with Crippen LogP contribution in [0.5, 0.6) is 0 Å². The van der Waals surface area contributed by atoms with Gasteiger partial charge in [-0.05, 0) is 19.2 Å². The number of rotatable bonds is 4. The van der Waals surface area contributed by atoms with Crippen molar-refractivity contribution in [2.24, 2.45) is 0 Å². The van der Waals surface area contributed by atoms with Crippen LogP contribution in [0.1, 0.15) is 17.3 Å². The minimum absolute atomic E-state index is 0.0464. The van der Waals surface area contributed by atoms with Crippen LogP contribution in [0.4, 0.5) is 8.78 Å². The molecular formula is C11H11F2N3O. The molecule has 1 aromatic carbocycles. The highest BCUT2D eigenvalue weighted by Gasteiger charge is 2.13. The van der Waals surface area contributed by atoms with E-state index in [2.05, 4.69) is 15.5 Å². The number of halogens is 2. The van der Waals surface area contributed by atoms with Gasteiger partial charge in [-0.25, -0.2) is 8.78 Å². The smallest absolute Gasteiger partial charge is 0.230 e. The van der Waals surface area contributed by atoms with Crippen molar-refractivity contribution in [3.05, 3.63) is 47.2 Å². The van der Waals surface area contributed by atoms with E-state index in [9.17, 15) is 8.78 Å². The predicted octanol–water partition coefficient (Wildman–Crippen LogP) is 1.66. The summed E-state index contributed by atoms with van der Waals surface area (Å²) in [4.78, 5) is 0. The standard InChI is InChI=1S/C11H11F2N3O/c1-14-6-11-16-15-10(17-11)5-7-8(12)3-2-4-9(7)13/h2-4,14H,5-6H2,1H3. The highest BCUT2D eigenvalue weighted by atomic mass is 19.1. The summed E-state index contributed by atoms with van der Waals surface area (Å²) in [6.45, 7) is 0.423. The van der Waals surface area contributed by atoms with Gasteiger partial charge in [0.05, 0.1) is 13.0 Å². The van der Waals surface area contributed by atoms with Gasteiger partial charge in [0.1, 0.15) is 11.6 Å². The normalized spacial score (nSPS) is 10.8. The van der Waals surface area contributed by atoms with E-state index >= 15 is 0 Å². The Balaban J connectivity index is 2.19. The Labute approximate surface area is 96.7 Å². The number of benzene rings is 1. The van der Waals surface area contributed by atoms with Gasteiger partial charge in [-0.2, -0.15) is 0 Å². The molecule has 90 valence electrons. The first-order chi connectivity index (χ1) is 8.20. The van der Waals surface area contributed by atoms with Crippen molar-refractivity contribution in [2.45, 2.75) is 13.0 Å². The molecule has 4 nitrogen and oxygen atoms in total. The van der Waals surface area contributed by atoms with E-state index in [0.29, 0.717) is 12.4 Å². The molecule has 0 amide bonds. The van der Waals surface area contributed by atoms with E-state index in [-0.39, 0.29) is 17.9 Å². The highest BCUT2D eigenvalue weighted by Crippen LogP contribution is 2.16. The molecular weight excluding hydrogens is 228 g/mol. The van der Waals surface area contributed by atoms with Crippen LogP contribution in [0.3, 0.4) is 0 Å². The molecule has 17 heavy (non-hydrogen) atoms. The van der Waals surface area contributed by atoms with Crippen LogP contribution in [-0.2, 0) is 13.0 Å². The molecule has 0 bridgehead atoms. The van der Waals surface area contributed by atoms with Gasteiger partial charge in [0, 0.05) is 5.56 Å². The largest absolute Gasteiger partial charge is 0.424 e. The van der Waals surface area contributed by atoms with Crippen molar-refractivity contribution >= 4 is 0 Å². The molecule has 0 saturated heterocycles. The van der Waals surface area contributed by atoms with Crippen LogP contribution in [0.2, 0.25) is 0 Å². The Morgan fingerprint density at radius 2 is 1.82 bits per heavy atom. The van der Waals surface area contributed by atoms with Gasteiger partial charge in [-0.1, -0.05) is 6.07 Å². The Morgan fingerprint density at radius 3 is 2.47 bits per heavy atom. The number of hydrogen-bond donors (Lipinski definition) is 1. The zero-order valence-electron chi connectivity index (χ0n) is 9.20. The maximum atomic E-state index is 13.3. The van der Waals surface area contributed by atoms with Gasteiger partial charge in [-0.3, -0.25) is 0 Å². The fourth-order valence-corrected chi connectivity index (χ4v) is 1.43. The molecule has 0 spiro atoms. The van der Waals surface area contributed by atoms with E-state index in [4.69, 9.17) is 4.42 Å². The van der Waals surface area contributed by atoms with Gasteiger partial charge < -0.3 is 9.73 Å². The molecule has 0 radical (unpaired) electrons. The lowest BCUT2D eigenvalue weighted by molar-refractivity contribution is 0.441. The minimum atomic E-state index is -0.613. The SMILES string of the molecule is CNCc1nnc(Cc2c(F)cccc2F)o1. The molecule has 0 aliphatic carbocycles. The molecule has 0 unspecified atom stereocenters. The van der Waals surface area contributed by atoms with E-state index in [1.807, 2.05) is 0 Å². The van der Waals surface area contributed by atoms with Crippen molar-refractivity contribution < 1.29 is 13.2 Å². The van der Waals surface area contributed by atoms with Gasteiger partial charge in [0.25, 0.3) is 0 Å². The quantitative estimate of drug-likeness (QED) is 0.881. The van der Waals surface area contributed by atoms with Gasteiger partial charge in [0.2, 0.25) is 11.8 Å². The molecule has 2 aromatic rings. The van der Waals surface area contributed by atoms with Crippen LogP contribution < -0.4 is 5.32 Å². The van der Waals surface area contributed by atoms with Gasteiger partial charge >= 0.3 is 0 Å². The summed E-state index contributed by atoms with van der Waals surface area (Å²) in [6.07, 6.45) is -0.0464. The maximum Gasteiger partial charge on any atom is 0.230 e. The summed E-state index contributed by atoms with van der Waals surface area (Å²) in [6, 6.07) is 3.71. The first-order valence-corrected chi connectivity index (χ1v) is 5.09. The van der Waals surface area contributed by atoms with Crippen LogP contribution >= 0.6 is 0 Å². The monoisotopic (exact) mass is 239 g/mol. The maximum absolute atomic E-state index is 13.3. The number of aromatic nitrogens is 2. The van der Waals surface area contributed by atoms with E-state index in [0.717, 1.165) is 0 Å². The first kappa shape index (κ1) is 11.7. The van der Waals surface area contributed by atoms with E-state index in [1.165, 1.54) is 18.2 Å². The number of nitrogens with zero attached hydrogens (tertiary/aromatic N) is 2. The Hall–Kier alpha value is -1.82. The highest BCUT2D eigenvalue weighted by molar-refractivity contribution is 5.22. The minimum Gasteiger partial charge on any atom is -0.424 e. The summed E-state index contributed by atoms with van der Waals surface area (Å²) < 4.78 is 31.9. The molecule has 6 heteroatoms. The van der Waals surface area contributed by atoms with Gasteiger partial charge in [0.15, 0.2) is 0 Å². The summed E-state index contributed by atoms with van der Waals surface area (Å²) in [5, 5.41) is 10.3. The van der Waals surface area contributed by atoms with Crippen molar-refractivity contribution in [1.82, 2.24) is 15.5 Å². The van der Waals surface area contributed by atoms with Crippen molar-refractivity contribution in [2.75, 3.05) is 7.05 Å². The van der Waals surface area contributed by atoms with Crippen LogP contribution in [0.25, 0.3) is 0 Å². The number of nitrogens with one attached hydrogen (secondary N) is 1. The van der Waals surface area contributed by atoms with Crippen LogP contribution in [-0.4, -0.2) is 17.2 Å². The third-order valence-corrected chi connectivity index (χ3v) is 2.23. The predicted molar refractivity (Wildman–Crippen MR) is 56.2 cm³/mol. The third kappa shape index (κ3) is 2.65. The second kappa shape index (κ2) is 5.01. The van der Waals surface area contributed by atoms with Crippen LogP contribution in [0, 0.1) is 11.6 Å². The molecule has 1 aromatic heterocycles.